The molecule has 3 saturated carbocycles. The van der Waals surface area contributed by atoms with E-state index < -0.39 is 51.7 Å². The number of hydrogen-bond donors (Lipinski definition) is 5. The van der Waals surface area contributed by atoms with Gasteiger partial charge in [0.1, 0.15) is 12.2 Å². The molecule has 0 amide bonds. The summed E-state index contributed by atoms with van der Waals surface area (Å²) in [6, 6.07) is 0. The lowest BCUT2D eigenvalue weighted by Gasteiger charge is -2.63. The molecule has 222 valence electrons. The van der Waals surface area contributed by atoms with Crippen LogP contribution in [-0.4, -0.2) is 77.7 Å². The minimum atomic E-state index is -1.68. The number of carboxylic acid groups (broad SMARTS) is 2. The smallest absolute Gasteiger partial charge is 0.303 e. The van der Waals surface area contributed by atoms with E-state index in [0.29, 0.717) is 19.3 Å². The van der Waals surface area contributed by atoms with Crippen molar-refractivity contribution >= 4 is 35.1 Å². The molecule has 0 saturated heterocycles. The van der Waals surface area contributed by atoms with Crippen LogP contribution < -0.4 is 0 Å². The quantitative estimate of drug-likeness (QED) is 0.312. The second kappa shape index (κ2) is 12.6. The maximum Gasteiger partial charge on any atom is 0.303 e. The maximum absolute atomic E-state index is 12.6. The summed E-state index contributed by atoms with van der Waals surface area (Å²) in [5.74, 6) is -2.64. The molecule has 0 heterocycles. The molecule has 10 nitrogen and oxygen atoms in total. The van der Waals surface area contributed by atoms with Gasteiger partial charge in [0, 0.05) is 23.7 Å². The molecule has 4 rings (SSSR count). The molecule has 8 atom stereocenters. The van der Waals surface area contributed by atoms with E-state index in [4.69, 9.17) is 21.8 Å². The number of allylic oxidation sites excluding steroid dienone is 4. The van der Waals surface area contributed by atoms with E-state index in [2.05, 4.69) is 0 Å². The van der Waals surface area contributed by atoms with E-state index in [1.54, 1.807) is 19.9 Å². The first kappa shape index (κ1) is 34.9. The molecule has 0 bridgehead atoms. The third-order valence-corrected chi connectivity index (χ3v) is 10.3. The number of ketones is 2. The molecule has 4 aliphatic carbocycles. The van der Waals surface area contributed by atoms with Crippen LogP contribution in [0, 0.1) is 28.6 Å². The van der Waals surface area contributed by atoms with Gasteiger partial charge in [-0.3, -0.25) is 19.2 Å². The highest BCUT2D eigenvalue weighted by atomic mass is 35.5. The Kier molecular flexibility index (Phi) is 11.3. The van der Waals surface area contributed by atoms with Crippen LogP contribution in [0.5, 0.6) is 0 Å². The van der Waals surface area contributed by atoms with Crippen LogP contribution >= 0.6 is 11.6 Å². The van der Waals surface area contributed by atoms with Gasteiger partial charge in [-0.05, 0) is 55.6 Å². The summed E-state index contributed by atoms with van der Waals surface area (Å²) in [5.41, 5.74) is -2.25. The standard InChI is InChI=1S/C22H29ClO5.2C3H6O2.H2O/c1-12-8-16-15-5-4-13-9-14(25)6-7-19(13,2)21(15,23)17(26)10-20(16,3)22(12,28)18(27)11-24;2*1-2-3(4)5;/h6-7,9,12,15-17,24,26,28H,4-5,8,10-11H2,1-3H3;2*2H2,1H3,(H,4,5);1H2/t12-,15-,16-,17-,19-,20-,21-,22-;;;/m0.../s1. The van der Waals surface area contributed by atoms with E-state index in [9.17, 15) is 34.5 Å². The predicted octanol–water partition coefficient (Wildman–Crippen LogP) is 2.30. The maximum atomic E-state index is 12.6. The van der Waals surface area contributed by atoms with Crippen molar-refractivity contribution in [1.29, 1.82) is 0 Å². The molecule has 0 unspecified atom stereocenters. The predicted molar refractivity (Wildman–Crippen MR) is 144 cm³/mol. The Morgan fingerprint density at radius 3 is 2.05 bits per heavy atom. The van der Waals surface area contributed by atoms with Crippen LogP contribution in [-0.2, 0) is 19.2 Å². The first-order valence-electron chi connectivity index (χ1n) is 13.1. The van der Waals surface area contributed by atoms with Crippen LogP contribution in [0.2, 0.25) is 0 Å². The van der Waals surface area contributed by atoms with Crippen molar-refractivity contribution in [3.05, 3.63) is 23.8 Å². The molecule has 0 radical (unpaired) electrons. The lowest BCUT2D eigenvalue weighted by molar-refractivity contribution is -0.179. The van der Waals surface area contributed by atoms with Crippen LogP contribution in [0.4, 0.5) is 0 Å². The number of Topliss-reactive ketones (excluding diaryl/α,β-unsaturated/α-hetero) is 1. The van der Waals surface area contributed by atoms with Gasteiger partial charge in [0.25, 0.3) is 0 Å². The zero-order valence-corrected chi connectivity index (χ0v) is 24.0. The lowest BCUT2D eigenvalue weighted by Crippen LogP contribution is -2.69. The largest absolute Gasteiger partial charge is 0.481 e. The normalized spacial score (nSPS) is 39.6. The van der Waals surface area contributed by atoms with Gasteiger partial charge in [-0.2, -0.15) is 0 Å². The second-order valence-corrected chi connectivity index (χ2v) is 11.9. The Morgan fingerprint density at radius 1 is 1.08 bits per heavy atom. The van der Waals surface area contributed by atoms with E-state index in [0.717, 1.165) is 5.57 Å². The number of aliphatic carboxylic acids is 2. The average molecular weight is 575 g/mol. The van der Waals surface area contributed by atoms with Crippen molar-refractivity contribution in [2.45, 2.75) is 89.7 Å². The van der Waals surface area contributed by atoms with E-state index in [1.165, 1.54) is 6.08 Å². The summed E-state index contributed by atoms with van der Waals surface area (Å²) in [6.45, 7) is 8.17. The van der Waals surface area contributed by atoms with Crippen molar-refractivity contribution in [2.75, 3.05) is 6.61 Å². The molecule has 7 N–H and O–H groups in total. The summed E-state index contributed by atoms with van der Waals surface area (Å²) in [5, 5.41) is 47.8. The molecule has 0 aromatic rings. The fourth-order valence-electron chi connectivity index (χ4n) is 7.26. The zero-order valence-electron chi connectivity index (χ0n) is 23.2. The molecular formula is C28H43ClO10. The van der Waals surface area contributed by atoms with Crippen molar-refractivity contribution in [3.63, 3.8) is 0 Å². The van der Waals surface area contributed by atoms with Gasteiger partial charge in [0.15, 0.2) is 11.6 Å². The number of hydrogen-bond acceptors (Lipinski definition) is 7. The van der Waals surface area contributed by atoms with E-state index in [-0.39, 0.29) is 48.3 Å². The topological polar surface area (TPSA) is 201 Å². The minimum Gasteiger partial charge on any atom is -0.481 e. The number of halogens is 1. The summed E-state index contributed by atoms with van der Waals surface area (Å²) in [6.07, 6.45) is 6.67. The van der Waals surface area contributed by atoms with Crippen molar-refractivity contribution < 1.29 is 50.2 Å². The third-order valence-electron chi connectivity index (χ3n) is 9.40. The molecule has 39 heavy (non-hydrogen) atoms. The van der Waals surface area contributed by atoms with Crippen molar-refractivity contribution in [3.8, 4) is 0 Å². The Bertz CT molecular complexity index is 1010. The number of rotatable bonds is 4. The molecule has 0 aromatic carbocycles. The highest BCUT2D eigenvalue weighted by Gasteiger charge is 2.74. The number of carbonyl (C=O) groups excluding carboxylic acids is 2. The van der Waals surface area contributed by atoms with Gasteiger partial charge in [-0.25, -0.2) is 0 Å². The molecule has 4 aliphatic rings. The summed E-state index contributed by atoms with van der Waals surface area (Å²) < 4.78 is 0. The highest BCUT2D eigenvalue weighted by molar-refractivity contribution is 6.26. The molecule has 0 aromatic heterocycles. The van der Waals surface area contributed by atoms with Crippen molar-refractivity contribution in [1.82, 2.24) is 0 Å². The first-order chi connectivity index (χ1) is 17.5. The number of aliphatic hydroxyl groups is 3. The lowest BCUT2D eigenvalue weighted by atomic mass is 9.45. The number of aliphatic hydroxyl groups excluding tert-OH is 2. The zero-order chi connectivity index (χ0) is 29.3. The number of alkyl halides is 1. The minimum absolute atomic E-state index is 0. The summed E-state index contributed by atoms with van der Waals surface area (Å²) in [4.78, 5) is 42.2. The van der Waals surface area contributed by atoms with Gasteiger partial charge < -0.3 is 31.0 Å². The number of carbonyl (C=O) groups is 4. The Balaban J connectivity index is 0.000000595. The molecular weight excluding hydrogens is 532 g/mol. The highest BCUT2D eigenvalue weighted by Crippen LogP contribution is 2.71. The summed E-state index contributed by atoms with van der Waals surface area (Å²) >= 11 is 7.30. The van der Waals surface area contributed by atoms with Gasteiger partial charge in [0.05, 0.1) is 11.0 Å². The van der Waals surface area contributed by atoms with Crippen molar-refractivity contribution in [2.24, 2.45) is 28.6 Å². The Morgan fingerprint density at radius 2 is 1.59 bits per heavy atom. The molecule has 11 heteroatoms. The van der Waals surface area contributed by atoms with Crippen LogP contribution in [0.25, 0.3) is 0 Å². The average Bonchev–Trinajstić information content (AvgIpc) is 3.06. The van der Waals surface area contributed by atoms with Crippen LogP contribution in [0.1, 0.15) is 73.1 Å². The van der Waals surface area contributed by atoms with Gasteiger partial charge in [-0.1, -0.05) is 46.3 Å². The van der Waals surface area contributed by atoms with Gasteiger partial charge in [0.2, 0.25) is 0 Å². The second-order valence-electron chi connectivity index (χ2n) is 11.2. The van der Waals surface area contributed by atoms with Crippen LogP contribution in [0.15, 0.2) is 23.8 Å². The summed E-state index contributed by atoms with van der Waals surface area (Å²) in [7, 11) is 0. The third kappa shape index (κ3) is 5.59. The van der Waals surface area contributed by atoms with Gasteiger partial charge in [-0.15, -0.1) is 11.6 Å². The first-order valence-corrected chi connectivity index (χ1v) is 13.5. The fourth-order valence-corrected chi connectivity index (χ4v) is 7.78. The molecule has 3 fully saturated rings. The van der Waals surface area contributed by atoms with Crippen LogP contribution in [0.3, 0.4) is 0 Å². The Labute approximate surface area is 234 Å². The van der Waals surface area contributed by atoms with E-state index in [1.807, 2.05) is 26.8 Å². The monoisotopic (exact) mass is 574 g/mol. The Hall–Kier alpha value is -2.11. The number of carboxylic acids is 2. The SMILES string of the molecule is CCC(=O)O.CCC(=O)O.C[C@H]1C[C@H]2[C@@H]3CCC4=CC(=O)C=C[C@]4(C)[C@@]3(Cl)[C@@H](O)C[C@]2(C)[C@@]1(O)C(=O)CO.O. The molecule has 0 aliphatic heterocycles. The number of fused-ring (bicyclic) bond motifs is 5. The molecule has 0 spiro atoms. The van der Waals surface area contributed by atoms with Gasteiger partial charge >= 0.3 is 11.9 Å². The fraction of sp³-hybridized carbons (Fsp3) is 0.714. The van der Waals surface area contributed by atoms with E-state index >= 15 is 0 Å².